The van der Waals surface area contributed by atoms with Gasteiger partial charge in [0.25, 0.3) is 0 Å². The molecule has 1 heterocycles. The van der Waals surface area contributed by atoms with Gasteiger partial charge in [-0.15, -0.1) is 0 Å². The van der Waals surface area contributed by atoms with Gasteiger partial charge >= 0.3 is 0 Å². The van der Waals surface area contributed by atoms with Gasteiger partial charge in [0.15, 0.2) is 11.6 Å². The largest absolute Gasteiger partial charge is 0.367 e. The maximum absolute atomic E-state index is 6.14. The second kappa shape index (κ2) is 10.3. The summed E-state index contributed by atoms with van der Waals surface area (Å²) < 4.78 is 0. The van der Waals surface area contributed by atoms with Crippen LogP contribution in [0.5, 0.6) is 0 Å². The van der Waals surface area contributed by atoms with Crippen molar-refractivity contribution in [3.8, 4) is 0 Å². The lowest BCUT2D eigenvalue weighted by Gasteiger charge is -2.14. The fraction of sp³-hybridized carbons (Fsp3) is 0.143. The van der Waals surface area contributed by atoms with E-state index in [1.807, 2.05) is 48.5 Å². The lowest BCUT2D eigenvalue weighted by molar-refractivity contribution is 0.985. The van der Waals surface area contributed by atoms with E-state index in [2.05, 4.69) is 47.0 Å². The van der Waals surface area contributed by atoms with Crippen molar-refractivity contribution >= 4 is 56.6 Å². The van der Waals surface area contributed by atoms with E-state index in [1.54, 1.807) is 0 Å². The van der Waals surface area contributed by atoms with Gasteiger partial charge in [0, 0.05) is 23.1 Å². The van der Waals surface area contributed by atoms with Gasteiger partial charge in [-0.3, -0.25) is 0 Å². The number of rotatable bonds is 8. The van der Waals surface area contributed by atoms with Crippen LogP contribution in [0.2, 0.25) is 10.0 Å². The van der Waals surface area contributed by atoms with Gasteiger partial charge in [-0.1, -0.05) is 71.7 Å². The van der Waals surface area contributed by atoms with Gasteiger partial charge in [0.2, 0.25) is 0 Å². The van der Waals surface area contributed by atoms with Crippen molar-refractivity contribution in [2.75, 3.05) is 23.7 Å². The van der Waals surface area contributed by atoms with Crippen LogP contribution in [0.15, 0.2) is 84.9 Å². The summed E-state index contributed by atoms with van der Waals surface area (Å²) in [6.45, 7) is 1.44. The van der Waals surface area contributed by atoms with Crippen molar-refractivity contribution in [1.29, 1.82) is 0 Å². The Balaban J connectivity index is 1.39. The first-order valence-corrected chi connectivity index (χ1v) is 12.1. The predicted octanol–water partition coefficient (Wildman–Crippen LogP) is 7.40. The SMILES string of the molecule is Clc1cccc(CCNc2nc3cc4ccccc4cc3nc2NCCc2cccc(Cl)c2)c1. The number of aromatic nitrogens is 2. The normalized spacial score (nSPS) is 11.1. The molecule has 0 aliphatic heterocycles. The minimum absolute atomic E-state index is 0.719. The summed E-state index contributed by atoms with van der Waals surface area (Å²) in [5.41, 5.74) is 4.08. The third-order valence-electron chi connectivity index (χ3n) is 5.72. The van der Waals surface area contributed by atoms with Crippen molar-refractivity contribution in [2.45, 2.75) is 12.8 Å². The van der Waals surface area contributed by atoms with Crippen LogP contribution in [0.25, 0.3) is 21.8 Å². The highest BCUT2D eigenvalue weighted by Crippen LogP contribution is 2.26. The van der Waals surface area contributed by atoms with Gasteiger partial charge in [0.1, 0.15) is 0 Å². The highest BCUT2D eigenvalue weighted by molar-refractivity contribution is 6.30. The Morgan fingerprint density at radius 3 is 1.47 bits per heavy atom. The van der Waals surface area contributed by atoms with Crippen molar-refractivity contribution in [1.82, 2.24) is 9.97 Å². The first-order valence-electron chi connectivity index (χ1n) is 11.3. The van der Waals surface area contributed by atoms with Crippen LogP contribution in [0.4, 0.5) is 11.6 Å². The molecule has 0 fully saturated rings. The van der Waals surface area contributed by atoms with Gasteiger partial charge in [-0.25, -0.2) is 9.97 Å². The number of nitrogens with one attached hydrogen (secondary N) is 2. The Hall–Kier alpha value is -3.34. The molecule has 0 amide bonds. The smallest absolute Gasteiger partial charge is 0.169 e. The Morgan fingerprint density at radius 2 is 1.03 bits per heavy atom. The molecule has 0 spiro atoms. The van der Waals surface area contributed by atoms with Crippen LogP contribution in [0.3, 0.4) is 0 Å². The topological polar surface area (TPSA) is 49.8 Å². The zero-order valence-corrected chi connectivity index (χ0v) is 20.1. The molecule has 0 radical (unpaired) electrons. The zero-order chi connectivity index (χ0) is 23.3. The fourth-order valence-electron chi connectivity index (χ4n) is 4.02. The van der Waals surface area contributed by atoms with E-state index in [9.17, 15) is 0 Å². The van der Waals surface area contributed by atoms with Crippen molar-refractivity contribution in [2.24, 2.45) is 0 Å². The quantitative estimate of drug-likeness (QED) is 0.224. The number of anilines is 2. The van der Waals surface area contributed by atoms with Crippen molar-refractivity contribution in [3.05, 3.63) is 106 Å². The number of halogens is 2. The lowest BCUT2D eigenvalue weighted by atomic mass is 10.1. The molecule has 4 nitrogen and oxygen atoms in total. The Labute approximate surface area is 209 Å². The third kappa shape index (κ3) is 5.41. The van der Waals surface area contributed by atoms with Crippen LogP contribution in [0.1, 0.15) is 11.1 Å². The average Bonchev–Trinajstić information content (AvgIpc) is 2.83. The molecule has 4 aromatic carbocycles. The van der Waals surface area contributed by atoms with Gasteiger partial charge in [-0.2, -0.15) is 0 Å². The molecule has 2 N–H and O–H groups in total. The summed E-state index contributed by atoms with van der Waals surface area (Å²) in [4.78, 5) is 9.86. The van der Waals surface area contributed by atoms with Crippen molar-refractivity contribution < 1.29 is 0 Å². The summed E-state index contributed by atoms with van der Waals surface area (Å²) in [7, 11) is 0. The van der Waals surface area contributed by atoms with E-state index in [-0.39, 0.29) is 0 Å². The molecule has 0 aliphatic rings. The molecule has 5 aromatic rings. The second-order valence-electron chi connectivity index (χ2n) is 8.22. The molecule has 34 heavy (non-hydrogen) atoms. The molecule has 1 aromatic heterocycles. The first kappa shape index (κ1) is 22.5. The maximum Gasteiger partial charge on any atom is 0.169 e. The molecule has 5 rings (SSSR count). The van der Waals surface area contributed by atoms with Gasteiger partial charge < -0.3 is 10.6 Å². The molecule has 0 bridgehead atoms. The van der Waals surface area contributed by atoms with E-state index in [1.165, 1.54) is 11.1 Å². The number of nitrogens with zero attached hydrogens (tertiary/aromatic N) is 2. The molecule has 0 unspecified atom stereocenters. The van der Waals surface area contributed by atoms with Gasteiger partial charge in [-0.05, 0) is 71.1 Å². The van der Waals surface area contributed by atoms with Crippen LogP contribution in [-0.4, -0.2) is 23.1 Å². The maximum atomic E-state index is 6.14. The van der Waals surface area contributed by atoms with Crippen LogP contribution >= 0.6 is 23.2 Å². The molecule has 170 valence electrons. The molecule has 0 aliphatic carbocycles. The monoisotopic (exact) mass is 486 g/mol. The molecule has 0 saturated heterocycles. The first-order chi connectivity index (χ1) is 16.6. The summed E-state index contributed by atoms with van der Waals surface area (Å²) in [6, 6.07) is 28.3. The molecular formula is C28H24Cl2N4. The van der Waals surface area contributed by atoms with Gasteiger partial charge in [0.05, 0.1) is 11.0 Å². The molecule has 0 atom stereocenters. The zero-order valence-electron chi connectivity index (χ0n) is 18.6. The highest BCUT2D eigenvalue weighted by atomic mass is 35.5. The lowest BCUT2D eigenvalue weighted by Crippen LogP contribution is -2.13. The number of hydrogen-bond donors (Lipinski definition) is 2. The Morgan fingerprint density at radius 1 is 0.559 bits per heavy atom. The van der Waals surface area contributed by atoms with E-state index >= 15 is 0 Å². The summed E-state index contributed by atoms with van der Waals surface area (Å²) >= 11 is 12.3. The van der Waals surface area contributed by atoms with E-state index in [0.29, 0.717) is 0 Å². The molecular weight excluding hydrogens is 463 g/mol. The number of hydrogen-bond acceptors (Lipinski definition) is 4. The number of fused-ring (bicyclic) bond motifs is 2. The standard InChI is InChI=1S/C28H24Cl2N4/c29-23-9-3-5-19(15-23)11-13-31-27-28(32-14-12-20-6-4-10-24(30)16-20)34-26-18-22-8-2-1-7-21(22)17-25(26)33-27/h1-10,15-18H,11-14H2,(H,31,33)(H,32,34). The van der Waals surface area contributed by atoms with E-state index in [0.717, 1.165) is 69.4 Å². The Bertz CT molecular complexity index is 1340. The molecule has 0 saturated carbocycles. The van der Waals surface area contributed by atoms with Crippen molar-refractivity contribution in [3.63, 3.8) is 0 Å². The third-order valence-corrected chi connectivity index (χ3v) is 6.19. The summed E-state index contributed by atoms with van der Waals surface area (Å²) in [5.74, 6) is 1.49. The molecule has 6 heteroatoms. The fourth-order valence-corrected chi connectivity index (χ4v) is 4.45. The van der Waals surface area contributed by atoms with Crippen LogP contribution < -0.4 is 10.6 Å². The summed E-state index contributed by atoms with van der Waals surface area (Å²) in [5, 5.41) is 10.8. The second-order valence-corrected chi connectivity index (χ2v) is 9.10. The average molecular weight is 487 g/mol. The highest BCUT2D eigenvalue weighted by Gasteiger charge is 2.10. The minimum Gasteiger partial charge on any atom is -0.367 e. The van der Waals surface area contributed by atoms with Crippen LogP contribution in [0, 0.1) is 0 Å². The minimum atomic E-state index is 0.719. The van der Waals surface area contributed by atoms with Crippen LogP contribution in [-0.2, 0) is 12.8 Å². The number of benzene rings is 4. The summed E-state index contributed by atoms with van der Waals surface area (Å²) in [6.07, 6.45) is 1.67. The van der Waals surface area contributed by atoms with E-state index in [4.69, 9.17) is 33.2 Å². The Kier molecular flexibility index (Phi) is 6.79. The predicted molar refractivity (Wildman–Crippen MR) is 144 cm³/mol. The van der Waals surface area contributed by atoms with E-state index < -0.39 is 0 Å².